The summed E-state index contributed by atoms with van der Waals surface area (Å²) in [7, 11) is -3.84. The predicted molar refractivity (Wildman–Crippen MR) is 110 cm³/mol. The number of amides is 1. The molecule has 0 aliphatic rings. The van der Waals surface area contributed by atoms with Gasteiger partial charge in [-0.15, -0.1) is 0 Å². The number of sulfone groups is 1. The zero-order valence-corrected chi connectivity index (χ0v) is 16.8. The van der Waals surface area contributed by atoms with E-state index in [2.05, 4.69) is 5.32 Å². The second-order valence-corrected chi connectivity index (χ2v) is 8.38. The molecule has 3 aromatic carbocycles. The second kappa shape index (κ2) is 8.75. The predicted octanol–water partition coefficient (Wildman–Crippen LogP) is 3.75. The first kappa shape index (κ1) is 21.0. The van der Waals surface area contributed by atoms with E-state index >= 15 is 0 Å². The number of carbonyl (C=O) groups is 1. The number of rotatable bonds is 7. The highest BCUT2D eigenvalue weighted by Gasteiger charge is 2.19. The fourth-order valence-electron chi connectivity index (χ4n) is 2.58. The third-order valence-corrected chi connectivity index (χ3v) is 5.98. The molecular formula is C21H18N2O6S. The lowest BCUT2D eigenvalue weighted by Crippen LogP contribution is -2.20. The van der Waals surface area contributed by atoms with E-state index in [9.17, 15) is 23.3 Å². The van der Waals surface area contributed by atoms with E-state index in [-0.39, 0.29) is 28.0 Å². The van der Waals surface area contributed by atoms with Gasteiger partial charge in [0.05, 0.1) is 14.7 Å². The Labute approximate surface area is 173 Å². The first-order chi connectivity index (χ1) is 14.3. The maximum Gasteiger partial charge on any atom is 0.269 e. The molecule has 0 atom stereocenters. The van der Waals surface area contributed by atoms with Gasteiger partial charge in [-0.3, -0.25) is 14.9 Å². The average molecular weight is 426 g/mol. The first-order valence-electron chi connectivity index (χ1n) is 8.84. The number of hydrogen-bond acceptors (Lipinski definition) is 6. The zero-order valence-electron chi connectivity index (χ0n) is 15.9. The summed E-state index contributed by atoms with van der Waals surface area (Å²) in [5, 5.41) is 13.3. The van der Waals surface area contributed by atoms with Crippen LogP contribution in [0.2, 0.25) is 0 Å². The van der Waals surface area contributed by atoms with Crippen LogP contribution in [0, 0.1) is 17.0 Å². The Bertz CT molecular complexity index is 1160. The fraction of sp³-hybridized carbons (Fsp3) is 0.0952. The molecule has 1 amide bonds. The van der Waals surface area contributed by atoms with Gasteiger partial charge in [0.15, 0.2) is 6.61 Å². The Kier molecular flexibility index (Phi) is 6.12. The van der Waals surface area contributed by atoms with Gasteiger partial charge in [0.2, 0.25) is 9.84 Å². The van der Waals surface area contributed by atoms with Crippen molar-refractivity contribution in [1.29, 1.82) is 0 Å². The van der Waals surface area contributed by atoms with Crippen molar-refractivity contribution in [2.75, 3.05) is 11.9 Å². The molecule has 154 valence electrons. The molecule has 0 aromatic heterocycles. The Morgan fingerprint density at radius 2 is 1.47 bits per heavy atom. The number of hydrogen-bond donors (Lipinski definition) is 1. The highest BCUT2D eigenvalue weighted by atomic mass is 32.2. The van der Waals surface area contributed by atoms with Crippen molar-refractivity contribution in [3.8, 4) is 5.75 Å². The minimum Gasteiger partial charge on any atom is -0.484 e. The molecule has 0 saturated heterocycles. The van der Waals surface area contributed by atoms with E-state index in [1.165, 1.54) is 36.4 Å². The summed E-state index contributed by atoms with van der Waals surface area (Å²) in [5.74, 6) is 0.182. The summed E-state index contributed by atoms with van der Waals surface area (Å²) >= 11 is 0. The Hall–Kier alpha value is -3.72. The number of non-ortho nitro benzene ring substituents is 1. The Balaban J connectivity index is 1.64. The third-order valence-electron chi connectivity index (χ3n) is 4.20. The number of ether oxygens (including phenoxy) is 1. The summed E-state index contributed by atoms with van der Waals surface area (Å²) in [6, 6.07) is 17.5. The first-order valence-corrected chi connectivity index (χ1v) is 10.3. The number of nitro benzene ring substituents is 1. The molecule has 0 unspecified atom stereocenters. The lowest BCUT2D eigenvalue weighted by atomic mass is 10.2. The maximum absolute atomic E-state index is 12.7. The van der Waals surface area contributed by atoms with Crippen LogP contribution in [0.3, 0.4) is 0 Å². The molecule has 0 aliphatic heterocycles. The fourth-order valence-corrected chi connectivity index (χ4v) is 3.84. The normalized spacial score (nSPS) is 11.0. The highest BCUT2D eigenvalue weighted by Crippen LogP contribution is 2.24. The smallest absolute Gasteiger partial charge is 0.269 e. The number of benzene rings is 3. The molecule has 1 N–H and O–H groups in total. The molecule has 0 saturated carbocycles. The number of nitrogens with one attached hydrogen (secondary N) is 1. The van der Waals surface area contributed by atoms with Crippen LogP contribution < -0.4 is 10.1 Å². The Morgan fingerprint density at radius 1 is 0.933 bits per heavy atom. The van der Waals surface area contributed by atoms with Crippen LogP contribution in [-0.2, 0) is 14.6 Å². The lowest BCUT2D eigenvalue weighted by Gasteiger charge is -2.09. The van der Waals surface area contributed by atoms with Crippen molar-refractivity contribution in [2.45, 2.75) is 16.7 Å². The van der Waals surface area contributed by atoms with Crippen molar-refractivity contribution >= 4 is 27.1 Å². The van der Waals surface area contributed by atoms with Crippen LogP contribution >= 0.6 is 0 Å². The van der Waals surface area contributed by atoms with Gasteiger partial charge in [-0.05, 0) is 55.5 Å². The van der Waals surface area contributed by atoms with Crippen molar-refractivity contribution in [3.63, 3.8) is 0 Å². The molecule has 3 aromatic rings. The molecule has 0 spiro atoms. The van der Waals surface area contributed by atoms with Gasteiger partial charge >= 0.3 is 0 Å². The van der Waals surface area contributed by atoms with Gasteiger partial charge in [-0.1, -0.05) is 17.7 Å². The van der Waals surface area contributed by atoms with Crippen LogP contribution in [0.15, 0.2) is 82.6 Å². The number of carbonyl (C=O) groups excluding carboxylic acids is 1. The Morgan fingerprint density at radius 3 is 2.00 bits per heavy atom. The number of anilines is 1. The minimum absolute atomic E-state index is 0.00487. The van der Waals surface area contributed by atoms with Crippen LogP contribution in [0.5, 0.6) is 5.75 Å². The topological polar surface area (TPSA) is 116 Å². The number of aryl methyl sites for hydroxylation is 1. The van der Waals surface area contributed by atoms with E-state index in [4.69, 9.17) is 4.74 Å². The standard InChI is InChI=1S/C21H18N2O6S/c1-15-2-8-18(9-3-15)29-14-21(24)22-16-4-10-19(11-5-16)30(27,28)20-12-6-17(7-13-20)23(25)26/h2-13H,14H2,1H3,(H,22,24). The van der Waals surface area contributed by atoms with E-state index in [0.717, 1.165) is 17.7 Å². The molecule has 0 heterocycles. The van der Waals surface area contributed by atoms with E-state index in [1.807, 2.05) is 19.1 Å². The van der Waals surface area contributed by atoms with E-state index in [1.54, 1.807) is 12.1 Å². The number of nitrogens with zero attached hydrogens (tertiary/aromatic N) is 1. The van der Waals surface area contributed by atoms with Gasteiger partial charge < -0.3 is 10.1 Å². The van der Waals surface area contributed by atoms with Gasteiger partial charge in [0, 0.05) is 17.8 Å². The number of nitro groups is 1. The lowest BCUT2D eigenvalue weighted by molar-refractivity contribution is -0.384. The highest BCUT2D eigenvalue weighted by molar-refractivity contribution is 7.91. The molecular weight excluding hydrogens is 408 g/mol. The summed E-state index contributed by atoms with van der Waals surface area (Å²) in [6.45, 7) is 1.76. The average Bonchev–Trinajstić information content (AvgIpc) is 2.74. The molecule has 0 aliphatic carbocycles. The van der Waals surface area contributed by atoms with Crippen LogP contribution in [0.25, 0.3) is 0 Å². The minimum atomic E-state index is -3.84. The monoisotopic (exact) mass is 426 g/mol. The molecule has 3 rings (SSSR count). The van der Waals surface area contributed by atoms with Crippen LogP contribution in [0.1, 0.15) is 5.56 Å². The van der Waals surface area contributed by atoms with Crippen molar-refractivity contribution < 1.29 is 22.9 Å². The van der Waals surface area contributed by atoms with Crippen molar-refractivity contribution in [1.82, 2.24) is 0 Å². The molecule has 0 radical (unpaired) electrons. The van der Waals surface area contributed by atoms with Crippen molar-refractivity contribution in [3.05, 3.63) is 88.5 Å². The van der Waals surface area contributed by atoms with Crippen LogP contribution in [0.4, 0.5) is 11.4 Å². The molecule has 8 nitrogen and oxygen atoms in total. The quantitative estimate of drug-likeness (QED) is 0.454. The molecule has 0 bridgehead atoms. The zero-order chi connectivity index (χ0) is 21.7. The largest absolute Gasteiger partial charge is 0.484 e. The summed E-state index contributed by atoms with van der Waals surface area (Å²) in [5.41, 5.74) is 1.30. The molecule has 0 fully saturated rings. The summed E-state index contributed by atoms with van der Waals surface area (Å²) < 4.78 is 30.7. The third kappa shape index (κ3) is 5.00. The van der Waals surface area contributed by atoms with E-state index < -0.39 is 14.8 Å². The van der Waals surface area contributed by atoms with Gasteiger partial charge in [0.1, 0.15) is 5.75 Å². The second-order valence-electron chi connectivity index (χ2n) is 6.43. The molecule has 30 heavy (non-hydrogen) atoms. The van der Waals surface area contributed by atoms with Crippen molar-refractivity contribution in [2.24, 2.45) is 0 Å². The maximum atomic E-state index is 12.7. The molecule has 9 heteroatoms. The van der Waals surface area contributed by atoms with Gasteiger partial charge in [-0.2, -0.15) is 0 Å². The summed E-state index contributed by atoms with van der Waals surface area (Å²) in [6.07, 6.45) is 0. The SMILES string of the molecule is Cc1ccc(OCC(=O)Nc2ccc(S(=O)(=O)c3ccc([N+](=O)[O-])cc3)cc2)cc1. The summed E-state index contributed by atoms with van der Waals surface area (Å²) in [4.78, 5) is 22.1. The van der Waals surface area contributed by atoms with E-state index in [0.29, 0.717) is 11.4 Å². The van der Waals surface area contributed by atoms with Crippen LogP contribution in [-0.4, -0.2) is 25.9 Å². The van der Waals surface area contributed by atoms with Gasteiger partial charge in [-0.25, -0.2) is 8.42 Å². The van der Waals surface area contributed by atoms with Gasteiger partial charge in [0.25, 0.3) is 11.6 Å².